The van der Waals surface area contributed by atoms with E-state index in [4.69, 9.17) is 18.9 Å². The molecule has 19 heteroatoms. The number of piperidine rings is 4. The molecule has 12 rings (SSSR count). The van der Waals surface area contributed by atoms with Gasteiger partial charge < -0.3 is 64.5 Å². The molecule has 12 aliphatic rings. The Bertz CT molecular complexity index is 3170. The number of carbonyl (C=O) groups is 4. The minimum absolute atomic E-state index is 0.0271. The lowest BCUT2D eigenvalue weighted by Gasteiger charge is -2.58. The van der Waals surface area contributed by atoms with Crippen LogP contribution in [0.4, 0.5) is 0 Å². The number of likely N-dealkylation sites (tertiary alicyclic amines) is 2. The number of aliphatic hydroxyl groups is 3. The van der Waals surface area contributed by atoms with Gasteiger partial charge in [0.1, 0.15) is 22.9 Å². The Balaban J connectivity index is 0.000000232. The monoisotopic (exact) mass is 1660 g/mol. The van der Waals surface area contributed by atoms with Gasteiger partial charge in [0, 0.05) is 122 Å². The Morgan fingerprint density at radius 3 is 0.653 bits per heavy atom. The maximum Gasteiger partial charge on any atom is 0.257 e. The maximum atomic E-state index is 15.2. The van der Waals surface area contributed by atoms with Crippen LogP contribution >= 0.6 is 0 Å². The van der Waals surface area contributed by atoms with Gasteiger partial charge in [0.25, 0.3) is 23.6 Å². The van der Waals surface area contributed by atoms with Crippen molar-refractivity contribution in [2.24, 2.45) is 0 Å². The zero-order valence-electron chi connectivity index (χ0n) is 79.0. The number of β-amino-alcohol motifs (C(OH)–C–C–N with tert-alkyl or cyclic N) is 3. The van der Waals surface area contributed by atoms with Crippen molar-refractivity contribution in [1.29, 1.82) is 0 Å². The van der Waals surface area contributed by atoms with E-state index >= 15 is 14.4 Å². The van der Waals surface area contributed by atoms with E-state index in [1.807, 2.05) is 14.7 Å². The second kappa shape index (κ2) is 38.2. The molecule has 8 heterocycles. The van der Waals surface area contributed by atoms with Gasteiger partial charge in [0.05, 0.1) is 31.4 Å². The zero-order chi connectivity index (χ0) is 85.8. The number of nitrogens with one attached hydrogen (secondary N) is 2. The molecule has 12 fully saturated rings. The van der Waals surface area contributed by atoms with Crippen LogP contribution < -0.4 is 10.6 Å². The summed E-state index contributed by atoms with van der Waals surface area (Å²) in [6.07, 6.45) is 52.0. The van der Waals surface area contributed by atoms with E-state index in [9.17, 15) is 20.1 Å². The molecule has 0 aromatic rings. The summed E-state index contributed by atoms with van der Waals surface area (Å²) in [6, 6.07) is 0. The van der Waals surface area contributed by atoms with Gasteiger partial charge >= 0.3 is 0 Å². The van der Waals surface area contributed by atoms with Crippen molar-refractivity contribution in [2.75, 3.05) is 39.3 Å². The van der Waals surface area contributed by atoms with E-state index in [1.54, 1.807) is 6.92 Å². The van der Waals surface area contributed by atoms with Crippen molar-refractivity contribution >= 4 is 23.6 Å². The van der Waals surface area contributed by atoms with Gasteiger partial charge in [-0.1, -0.05) is 180 Å². The lowest BCUT2D eigenvalue weighted by atomic mass is 9.70. The van der Waals surface area contributed by atoms with Crippen LogP contribution in [0.5, 0.6) is 0 Å². The number of hydrogen-bond donors (Lipinski definition) is 5. The normalized spacial score (nSPS) is 30.8. The van der Waals surface area contributed by atoms with E-state index < -0.39 is 85.8 Å². The molecule has 0 aromatic heterocycles. The fraction of sp³-hybridized carbons (Fsp3) is 0.960. The van der Waals surface area contributed by atoms with Crippen molar-refractivity contribution in [3.63, 3.8) is 0 Å². The van der Waals surface area contributed by atoms with Gasteiger partial charge in [-0.05, 0) is 227 Å². The first-order valence-corrected chi connectivity index (χ1v) is 49.6. The van der Waals surface area contributed by atoms with Gasteiger partial charge in [0.2, 0.25) is 0 Å². The van der Waals surface area contributed by atoms with Gasteiger partial charge in [0.15, 0.2) is 22.4 Å². The smallest absolute Gasteiger partial charge is 0.257 e. The molecule has 4 amide bonds. The first-order valence-electron chi connectivity index (χ1n) is 49.6. The van der Waals surface area contributed by atoms with Crippen molar-refractivity contribution in [3.8, 4) is 0 Å². The Morgan fingerprint density at radius 1 is 0.271 bits per heavy atom. The third kappa shape index (κ3) is 22.0. The first kappa shape index (κ1) is 96.1. The predicted octanol–water partition coefficient (Wildman–Crippen LogP) is 19.7. The van der Waals surface area contributed by atoms with E-state index in [0.717, 1.165) is 141 Å². The second-order valence-corrected chi connectivity index (χ2v) is 46.5. The van der Waals surface area contributed by atoms with Crippen LogP contribution in [0.2, 0.25) is 0 Å². The standard InChI is InChI=1S/C50H90N4O6.C49H88N4O5/c1-39(55)32-52-42(58)48(60-49(52)28-24-20-16-12-10-13-17-21-25-29-49)37-45(6,7)54(46(8,9)38-48)34-40(56)33-53-41(57)47(35-43(2,3)51-44(4,5)36-47)59-50(53)30-26-22-18-14-11-15-19-23-27-31-50;1-10-51-40(55)47(58-48(51)29-25-21-17-13-11-14-18-22-26-30-48)37-44(6,7)53(45(8,9)38-47)34-39(54)33-52-41(56)46(35-42(2,3)50-43(4,5)36-46)57-49(52)31-27-23-19-15-12-16-20-24-28-32-49/h39-40,51,55-56H,10-38H2,1-9H3;39,50,54H,10-38H2,1-9H3. The molecule has 0 radical (unpaired) electrons. The molecular weight excluding hydrogens is 1480 g/mol. The SMILES string of the molecule is CC(O)CN1C(=O)C2(CC(C)(C)N(CC(O)CN3C(=O)C4(CC(C)(C)NC(C)(C)C4)OC34CCCCCCCCCCC4)C(C)(C)C2)OC12CCCCCCCCCCC2.CCN1C(=O)C2(CC(C)(C)N(CC(O)CN3C(=O)C4(CC(C)(C)NC(C)(C)C4)OC34CCCCCCCCCCC4)C(C)(C)C2)OC12CCCCCCCCCCC2. The van der Waals surface area contributed by atoms with Crippen LogP contribution in [0, 0.1) is 0 Å². The number of nitrogens with zero attached hydrogens (tertiary/aromatic N) is 6. The van der Waals surface area contributed by atoms with Crippen molar-refractivity contribution in [3.05, 3.63) is 0 Å². The van der Waals surface area contributed by atoms with Crippen LogP contribution in [0.15, 0.2) is 0 Å². The summed E-state index contributed by atoms with van der Waals surface area (Å²) in [5.74, 6) is 0.326. The Morgan fingerprint density at radius 2 is 0.449 bits per heavy atom. The summed E-state index contributed by atoms with van der Waals surface area (Å²) in [6.45, 7) is 41.5. The van der Waals surface area contributed by atoms with Gasteiger partial charge in [-0.2, -0.15) is 0 Å². The third-order valence-electron chi connectivity index (χ3n) is 31.0. The fourth-order valence-electron chi connectivity index (χ4n) is 27.9. The van der Waals surface area contributed by atoms with Crippen LogP contribution in [0.1, 0.15) is 459 Å². The van der Waals surface area contributed by atoms with E-state index in [0.29, 0.717) is 71.0 Å². The van der Waals surface area contributed by atoms with Crippen LogP contribution in [-0.2, 0) is 38.1 Å². The Hall–Kier alpha value is -2.56. The Kier molecular flexibility index (Phi) is 31.1. The molecule has 8 saturated heterocycles. The summed E-state index contributed by atoms with van der Waals surface area (Å²) in [7, 11) is 0. The van der Waals surface area contributed by atoms with E-state index in [-0.39, 0.29) is 65.4 Å². The molecule has 680 valence electrons. The highest BCUT2D eigenvalue weighted by Gasteiger charge is 2.71. The lowest BCUT2D eigenvalue weighted by Crippen LogP contribution is -2.69. The molecule has 4 saturated carbocycles. The summed E-state index contributed by atoms with van der Waals surface area (Å²) in [5, 5.41) is 43.2. The molecule has 0 aromatic carbocycles. The first-order chi connectivity index (χ1) is 55.3. The molecule has 8 spiro atoms. The topological polar surface area (TPSA) is 209 Å². The Labute approximate surface area is 719 Å². The number of rotatable bonds is 11. The molecule has 8 aliphatic heterocycles. The summed E-state index contributed by atoms with van der Waals surface area (Å²) >= 11 is 0. The van der Waals surface area contributed by atoms with Gasteiger partial charge in [-0.25, -0.2) is 0 Å². The number of amides is 4. The molecule has 3 atom stereocenters. The highest BCUT2D eigenvalue weighted by Crippen LogP contribution is 2.59. The molecule has 4 aliphatic carbocycles. The summed E-state index contributed by atoms with van der Waals surface area (Å²) in [5.41, 5.74) is -9.46. The van der Waals surface area contributed by atoms with Crippen molar-refractivity contribution in [2.45, 2.75) is 566 Å². The minimum Gasteiger partial charge on any atom is -0.392 e. The number of aliphatic hydroxyl groups excluding tert-OH is 3. The summed E-state index contributed by atoms with van der Waals surface area (Å²) < 4.78 is 29.7. The van der Waals surface area contributed by atoms with Crippen LogP contribution in [0.3, 0.4) is 0 Å². The van der Waals surface area contributed by atoms with Crippen molar-refractivity contribution < 1.29 is 53.4 Å². The van der Waals surface area contributed by atoms with Gasteiger partial charge in [-0.3, -0.25) is 29.0 Å². The highest BCUT2D eigenvalue weighted by molar-refractivity contribution is 5.90. The molecule has 0 bridgehead atoms. The van der Waals surface area contributed by atoms with E-state index in [2.05, 4.69) is 143 Å². The molecular formula is C99H178N8O11. The largest absolute Gasteiger partial charge is 0.392 e. The molecule has 118 heavy (non-hydrogen) atoms. The number of likely N-dealkylation sites (N-methyl/N-ethyl adjacent to an activating group) is 1. The average Bonchev–Trinajstić information content (AvgIpc) is 1.55. The lowest BCUT2D eigenvalue weighted by molar-refractivity contribution is -0.205. The quantitative estimate of drug-likeness (QED) is 0.130. The number of ether oxygens (including phenoxy) is 4. The van der Waals surface area contributed by atoms with Crippen molar-refractivity contribution in [1.82, 2.24) is 40.0 Å². The summed E-state index contributed by atoms with van der Waals surface area (Å²) in [4.78, 5) is 73.4. The molecule has 5 N–H and O–H groups in total. The number of hydrogen-bond acceptors (Lipinski definition) is 15. The zero-order valence-corrected chi connectivity index (χ0v) is 79.0. The maximum absolute atomic E-state index is 15.2. The van der Waals surface area contributed by atoms with Gasteiger partial charge in [-0.15, -0.1) is 0 Å². The van der Waals surface area contributed by atoms with Crippen LogP contribution in [-0.4, -0.2) is 216 Å². The molecule has 19 nitrogen and oxygen atoms in total. The van der Waals surface area contributed by atoms with E-state index in [1.165, 1.54) is 141 Å². The second-order valence-electron chi connectivity index (χ2n) is 46.5. The average molecular weight is 1660 g/mol. The third-order valence-corrected chi connectivity index (χ3v) is 31.0. The molecule has 3 unspecified atom stereocenters. The predicted molar refractivity (Wildman–Crippen MR) is 475 cm³/mol. The minimum atomic E-state index is -1.02. The highest BCUT2D eigenvalue weighted by atomic mass is 16.6. The fourth-order valence-corrected chi connectivity index (χ4v) is 27.9. The van der Waals surface area contributed by atoms with Crippen LogP contribution in [0.25, 0.3) is 0 Å². The number of carbonyl (C=O) groups excluding carboxylic acids is 4.